The number of piperidine rings is 1. The average molecular weight is 309 g/mol. The van der Waals surface area contributed by atoms with Gasteiger partial charge in [-0.05, 0) is 42.5 Å². The minimum Gasteiger partial charge on any atom is -0.371 e. The van der Waals surface area contributed by atoms with Crippen molar-refractivity contribution in [2.75, 3.05) is 24.5 Å². The van der Waals surface area contributed by atoms with Crippen LogP contribution in [-0.2, 0) is 6.54 Å². The Morgan fingerprint density at radius 3 is 2.38 bits per heavy atom. The smallest absolute Gasteiger partial charge is 0.0426 e. The SMILES string of the molecule is CCNCc1ccc(Cl)cc1N1CCC(CC)(CC)CC1. The molecule has 0 aromatic heterocycles. The van der Waals surface area contributed by atoms with E-state index in [4.69, 9.17) is 11.6 Å². The number of hydrogen-bond acceptors (Lipinski definition) is 2. The number of rotatable bonds is 6. The second-order valence-corrected chi connectivity index (χ2v) is 6.68. The van der Waals surface area contributed by atoms with Crippen LogP contribution in [0.15, 0.2) is 18.2 Å². The van der Waals surface area contributed by atoms with Gasteiger partial charge in [0.25, 0.3) is 0 Å². The Morgan fingerprint density at radius 1 is 1.14 bits per heavy atom. The highest BCUT2D eigenvalue weighted by Gasteiger charge is 2.31. The van der Waals surface area contributed by atoms with Gasteiger partial charge in [-0.25, -0.2) is 0 Å². The third kappa shape index (κ3) is 3.92. The molecule has 0 spiro atoms. The molecule has 0 radical (unpaired) electrons. The molecule has 1 heterocycles. The lowest BCUT2D eigenvalue weighted by atomic mass is 9.74. The third-order valence-electron chi connectivity index (χ3n) is 5.28. The largest absolute Gasteiger partial charge is 0.371 e. The van der Waals surface area contributed by atoms with Crippen LogP contribution in [0, 0.1) is 5.41 Å². The van der Waals surface area contributed by atoms with Crippen molar-refractivity contribution >= 4 is 17.3 Å². The number of benzene rings is 1. The Labute approximate surface area is 134 Å². The van der Waals surface area contributed by atoms with Gasteiger partial charge in [0.1, 0.15) is 0 Å². The molecule has 2 rings (SSSR count). The second-order valence-electron chi connectivity index (χ2n) is 6.25. The summed E-state index contributed by atoms with van der Waals surface area (Å²) in [7, 11) is 0. The van der Waals surface area contributed by atoms with E-state index in [2.05, 4.69) is 43.1 Å². The van der Waals surface area contributed by atoms with Crippen molar-refractivity contribution in [2.45, 2.75) is 53.0 Å². The van der Waals surface area contributed by atoms with Gasteiger partial charge in [0.2, 0.25) is 0 Å². The number of nitrogens with one attached hydrogen (secondary N) is 1. The van der Waals surface area contributed by atoms with Gasteiger partial charge in [-0.2, -0.15) is 0 Å². The molecule has 0 bridgehead atoms. The maximum atomic E-state index is 6.23. The molecule has 1 fully saturated rings. The first-order chi connectivity index (χ1) is 10.1. The first-order valence-corrected chi connectivity index (χ1v) is 8.76. The lowest BCUT2D eigenvalue weighted by molar-refractivity contribution is 0.199. The van der Waals surface area contributed by atoms with Crippen LogP contribution in [0.3, 0.4) is 0 Å². The molecule has 0 saturated carbocycles. The highest BCUT2D eigenvalue weighted by atomic mass is 35.5. The molecule has 1 aliphatic rings. The van der Waals surface area contributed by atoms with Crippen LogP contribution in [0.25, 0.3) is 0 Å². The molecule has 0 amide bonds. The van der Waals surface area contributed by atoms with Crippen LogP contribution in [0.5, 0.6) is 0 Å². The standard InChI is InChI=1S/C18H29ClN2/c1-4-18(5-2)9-11-21(12-10-18)17-13-16(19)8-7-15(17)14-20-6-3/h7-8,13,20H,4-6,9-12,14H2,1-3H3. The van der Waals surface area contributed by atoms with Crippen molar-refractivity contribution < 1.29 is 0 Å². The molecule has 21 heavy (non-hydrogen) atoms. The fraction of sp³-hybridized carbons (Fsp3) is 0.667. The third-order valence-corrected chi connectivity index (χ3v) is 5.51. The summed E-state index contributed by atoms with van der Waals surface area (Å²) in [4.78, 5) is 2.53. The van der Waals surface area contributed by atoms with Crippen LogP contribution < -0.4 is 10.2 Å². The average Bonchev–Trinajstić information content (AvgIpc) is 2.54. The summed E-state index contributed by atoms with van der Waals surface area (Å²) < 4.78 is 0. The summed E-state index contributed by atoms with van der Waals surface area (Å²) in [6.07, 6.45) is 5.20. The summed E-state index contributed by atoms with van der Waals surface area (Å²) in [5, 5.41) is 4.27. The van der Waals surface area contributed by atoms with Gasteiger partial charge in [0, 0.05) is 30.3 Å². The molecule has 3 heteroatoms. The molecule has 1 N–H and O–H groups in total. The lowest BCUT2D eigenvalue weighted by Gasteiger charge is -2.42. The molecule has 1 aliphatic heterocycles. The van der Waals surface area contributed by atoms with Gasteiger partial charge in [-0.3, -0.25) is 0 Å². The van der Waals surface area contributed by atoms with Crippen molar-refractivity contribution in [1.29, 1.82) is 0 Å². The highest BCUT2D eigenvalue weighted by Crippen LogP contribution is 2.40. The van der Waals surface area contributed by atoms with Gasteiger partial charge in [-0.1, -0.05) is 51.3 Å². The molecule has 1 aromatic carbocycles. The van der Waals surface area contributed by atoms with Crippen molar-refractivity contribution in [3.05, 3.63) is 28.8 Å². The second kappa shape index (κ2) is 7.51. The number of hydrogen-bond donors (Lipinski definition) is 1. The molecule has 1 saturated heterocycles. The van der Waals surface area contributed by atoms with E-state index >= 15 is 0 Å². The highest BCUT2D eigenvalue weighted by molar-refractivity contribution is 6.30. The summed E-state index contributed by atoms with van der Waals surface area (Å²) in [6, 6.07) is 6.31. The lowest BCUT2D eigenvalue weighted by Crippen LogP contribution is -2.40. The Kier molecular flexibility index (Phi) is 5.95. The van der Waals surface area contributed by atoms with E-state index in [9.17, 15) is 0 Å². The van der Waals surface area contributed by atoms with Crippen LogP contribution in [-0.4, -0.2) is 19.6 Å². The van der Waals surface area contributed by atoms with E-state index in [0.29, 0.717) is 5.41 Å². The molecule has 2 nitrogen and oxygen atoms in total. The van der Waals surface area contributed by atoms with E-state index in [1.807, 2.05) is 6.07 Å². The Bertz CT molecular complexity index is 445. The fourth-order valence-corrected chi connectivity index (χ4v) is 3.59. The predicted octanol–water partition coefficient (Wildman–Crippen LogP) is 4.86. The fourth-order valence-electron chi connectivity index (χ4n) is 3.42. The quantitative estimate of drug-likeness (QED) is 0.807. The van der Waals surface area contributed by atoms with Crippen molar-refractivity contribution in [1.82, 2.24) is 5.32 Å². The van der Waals surface area contributed by atoms with Gasteiger partial charge in [0.15, 0.2) is 0 Å². The van der Waals surface area contributed by atoms with Crippen LogP contribution in [0.2, 0.25) is 5.02 Å². The zero-order valence-corrected chi connectivity index (χ0v) is 14.5. The molecule has 118 valence electrons. The van der Waals surface area contributed by atoms with E-state index in [1.165, 1.54) is 36.9 Å². The Hall–Kier alpha value is -0.730. The Morgan fingerprint density at radius 2 is 1.81 bits per heavy atom. The van der Waals surface area contributed by atoms with E-state index in [0.717, 1.165) is 31.2 Å². The molecule has 0 unspecified atom stereocenters. The van der Waals surface area contributed by atoms with Crippen LogP contribution in [0.4, 0.5) is 5.69 Å². The first-order valence-electron chi connectivity index (χ1n) is 8.38. The maximum Gasteiger partial charge on any atom is 0.0426 e. The normalized spacial score (nSPS) is 18.0. The van der Waals surface area contributed by atoms with E-state index in [-0.39, 0.29) is 0 Å². The van der Waals surface area contributed by atoms with Crippen LogP contribution in [0.1, 0.15) is 52.0 Å². The number of nitrogens with zero attached hydrogens (tertiary/aromatic N) is 1. The molecule has 1 aromatic rings. The first kappa shape index (κ1) is 16.6. The van der Waals surface area contributed by atoms with Crippen molar-refractivity contribution in [3.8, 4) is 0 Å². The monoisotopic (exact) mass is 308 g/mol. The predicted molar refractivity (Wildman–Crippen MR) is 93.3 cm³/mol. The van der Waals surface area contributed by atoms with E-state index < -0.39 is 0 Å². The zero-order valence-electron chi connectivity index (χ0n) is 13.7. The number of anilines is 1. The molecular formula is C18H29ClN2. The minimum absolute atomic E-state index is 0.566. The minimum atomic E-state index is 0.566. The van der Waals surface area contributed by atoms with Gasteiger partial charge < -0.3 is 10.2 Å². The van der Waals surface area contributed by atoms with Gasteiger partial charge in [0.05, 0.1) is 0 Å². The Balaban J connectivity index is 2.13. The topological polar surface area (TPSA) is 15.3 Å². The van der Waals surface area contributed by atoms with Gasteiger partial charge in [-0.15, -0.1) is 0 Å². The molecule has 0 atom stereocenters. The van der Waals surface area contributed by atoms with E-state index in [1.54, 1.807) is 0 Å². The molecular weight excluding hydrogens is 280 g/mol. The summed E-state index contributed by atoms with van der Waals surface area (Å²) in [6.45, 7) is 11.1. The van der Waals surface area contributed by atoms with Crippen LogP contribution >= 0.6 is 11.6 Å². The summed E-state index contributed by atoms with van der Waals surface area (Å²) >= 11 is 6.23. The number of halogens is 1. The summed E-state index contributed by atoms with van der Waals surface area (Å²) in [5.74, 6) is 0. The summed E-state index contributed by atoms with van der Waals surface area (Å²) in [5.41, 5.74) is 3.25. The van der Waals surface area contributed by atoms with Gasteiger partial charge >= 0.3 is 0 Å². The molecule has 0 aliphatic carbocycles. The maximum absolute atomic E-state index is 6.23. The van der Waals surface area contributed by atoms with Crippen molar-refractivity contribution in [3.63, 3.8) is 0 Å². The zero-order chi connectivity index (χ0) is 15.3. The van der Waals surface area contributed by atoms with Crippen molar-refractivity contribution in [2.24, 2.45) is 5.41 Å².